The van der Waals surface area contributed by atoms with Crippen molar-refractivity contribution in [3.8, 4) is 0 Å². The average Bonchev–Trinajstić information content (AvgIpc) is 2.99. The van der Waals surface area contributed by atoms with Gasteiger partial charge >= 0.3 is 12.1 Å². The smallest absolute Gasteiger partial charge is 0.411 e. The molecule has 0 bridgehead atoms. The molecule has 2 unspecified atom stereocenters. The first kappa shape index (κ1) is 17.0. The summed E-state index contributed by atoms with van der Waals surface area (Å²) in [6, 6.07) is 17.2. The highest BCUT2D eigenvalue weighted by Gasteiger charge is 2.50. The second-order valence-electron chi connectivity index (χ2n) is 5.70. The number of aliphatic hydroxyl groups is 1. The van der Waals surface area contributed by atoms with E-state index in [-0.39, 0.29) is 0 Å². The summed E-state index contributed by atoms with van der Waals surface area (Å²) in [5, 5.41) is 9.53. The lowest BCUT2D eigenvalue weighted by Gasteiger charge is -2.31. The van der Waals surface area contributed by atoms with E-state index in [2.05, 4.69) is 0 Å². The van der Waals surface area contributed by atoms with Crippen LogP contribution >= 0.6 is 0 Å². The molecule has 1 saturated heterocycles. The van der Waals surface area contributed by atoms with E-state index >= 15 is 0 Å². The highest BCUT2D eigenvalue weighted by molar-refractivity contribution is 5.85. The number of hydrogen-bond acceptors (Lipinski definition) is 5. The molecule has 1 fully saturated rings. The summed E-state index contributed by atoms with van der Waals surface area (Å²) < 4.78 is 10.1. The summed E-state index contributed by atoms with van der Waals surface area (Å²) in [5.41, 5.74) is 1.66. The van der Waals surface area contributed by atoms with Crippen molar-refractivity contribution in [1.82, 2.24) is 4.90 Å². The predicted octanol–water partition coefficient (Wildman–Crippen LogP) is 2.13. The zero-order valence-electron chi connectivity index (χ0n) is 13.7. The van der Waals surface area contributed by atoms with Gasteiger partial charge in [-0.25, -0.2) is 9.59 Å². The van der Waals surface area contributed by atoms with E-state index in [1.54, 1.807) is 0 Å². The minimum absolute atomic E-state index is 0.460. The number of nitrogens with zero attached hydrogens (tertiary/aromatic N) is 1. The molecule has 0 radical (unpaired) electrons. The number of methoxy groups -OCH3 is 1. The minimum atomic E-state index is -1.02. The van der Waals surface area contributed by atoms with Gasteiger partial charge in [-0.3, -0.25) is 4.90 Å². The summed E-state index contributed by atoms with van der Waals surface area (Å²) in [6.45, 7) is -0.460. The second-order valence-corrected chi connectivity index (χ2v) is 5.70. The van der Waals surface area contributed by atoms with Crippen molar-refractivity contribution in [1.29, 1.82) is 0 Å². The van der Waals surface area contributed by atoms with Crippen molar-refractivity contribution < 1.29 is 24.2 Å². The Morgan fingerprint density at radius 2 is 1.64 bits per heavy atom. The molecule has 6 nitrogen and oxygen atoms in total. The fourth-order valence-electron chi connectivity index (χ4n) is 3.12. The molecule has 1 amide bonds. The average molecular weight is 341 g/mol. The third kappa shape index (κ3) is 3.21. The van der Waals surface area contributed by atoms with E-state index in [1.165, 1.54) is 12.0 Å². The van der Waals surface area contributed by atoms with Gasteiger partial charge in [0.15, 0.2) is 12.1 Å². The molecule has 0 aromatic heterocycles. The van der Waals surface area contributed by atoms with Crippen LogP contribution in [0.2, 0.25) is 0 Å². The number of hydrogen-bond donors (Lipinski definition) is 1. The van der Waals surface area contributed by atoms with Crippen LogP contribution in [0.3, 0.4) is 0 Å². The van der Waals surface area contributed by atoms with Crippen LogP contribution in [0, 0.1) is 0 Å². The van der Waals surface area contributed by atoms with Crippen LogP contribution in [0.1, 0.15) is 17.2 Å². The molecule has 0 saturated carbocycles. The van der Waals surface area contributed by atoms with Crippen LogP contribution in [-0.2, 0) is 14.3 Å². The molecule has 2 aromatic rings. The molecule has 0 aliphatic carbocycles. The maximum Gasteiger partial charge on any atom is 0.411 e. The van der Waals surface area contributed by atoms with Gasteiger partial charge in [-0.1, -0.05) is 60.7 Å². The lowest BCUT2D eigenvalue weighted by molar-refractivity contribution is -0.147. The third-order valence-corrected chi connectivity index (χ3v) is 4.25. The van der Waals surface area contributed by atoms with Gasteiger partial charge in [-0.05, 0) is 11.1 Å². The Balaban J connectivity index is 2.11. The van der Waals surface area contributed by atoms with Crippen LogP contribution in [0.25, 0.3) is 0 Å². The Labute approximate surface area is 145 Å². The fraction of sp³-hybridized carbons (Fsp3) is 0.263. The number of amides is 1. The molecule has 1 aliphatic heterocycles. The van der Waals surface area contributed by atoms with E-state index in [9.17, 15) is 14.7 Å². The molecule has 1 N–H and O–H groups in total. The van der Waals surface area contributed by atoms with Crippen LogP contribution in [-0.4, -0.2) is 47.9 Å². The molecule has 3 rings (SSSR count). The SMILES string of the molecule is COC(=O)C1C(CO)OC(=O)N1C(c1ccccc1)c1ccccc1. The Morgan fingerprint density at radius 3 is 2.08 bits per heavy atom. The van der Waals surface area contributed by atoms with Crippen molar-refractivity contribution in [3.63, 3.8) is 0 Å². The number of carbonyl (C=O) groups is 2. The van der Waals surface area contributed by atoms with E-state index < -0.39 is 36.9 Å². The zero-order valence-corrected chi connectivity index (χ0v) is 13.7. The normalized spacial score (nSPS) is 19.8. The van der Waals surface area contributed by atoms with Gasteiger partial charge in [0.05, 0.1) is 19.8 Å². The van der Waals surface area contributed by atoms with E-state index in [4.69, 9.17) is 9.47 Å². The van der Waals surface area contributed by atoms with Gasteiger partial charge in [-0.15, -0.1) is 0 Å². The minimum Gasteiger partial charge on any atom is -0.467 e. The fourth-order valence-corrected chi connectivity index (χ4v) is 3.12. The first-order valence-electron chi connectivity index (χ1n) is 7.95. The first-order valence-corrected chi connectivity index (χ1v) is 7.95. The lowest BCUT2D eigenvalue weighted by atomic mass is 9.95. The van der Waals surface area contributed by atoms with Crippen molar-refractivity contribution in [2.45, 2.75) is 18.2 Å². The monoisotopic (exact) mass is 341 g/mol. The van der Waals surface area contributed by atoms with Gasteiger partial charge < -0.3 is 14.6 Å². The van der Waals surface area contributed by atoms with Gasteiger partial charge in [0.2, 0.25) is 0 Å². The van der Waals surface area contributed by atoms with Gasteiger partial charge in [-0.2, -0.15) is 0 Å². The number of cyclic esters (lactones) is 1. The summed E-state index contributed by atoms with van der Waals surface area (Å²) in [6.07, 6.45) is -1.62. The van der Waals surface area contributed by atoms with Crippen LogP contribution < -0.4 is 0 Å². The molecule has 2 atom stereocenters. The standard InChI is InChI=1S/C19H19NO5/c1-24-18(22)17-15(12-21)25-19(23)20(17)16(13-8-4-2-5-9-13)14-10-6-3-7-11-14/h2-11,15-17,21H,12H2,1H3. The number of benzene rings is 2. The van der Waals surface area contributed by atoms with Crippen molar-refractivity contribution >= 4 is 12.1 Å². The summed E-state index contributed by atoms with van der Waals surface area (Å²) in [5.74, 6) is -0.623. The van der Waals surface area contributed by atoms with Gasteiger partial charge in [0, 0.05) is 0 Å². The molecule has 1 heterocycles. The van der Waals surface area contributed by atoms with Crippen LogP contribution in [0.4, 0.5) is 4.79 Å². The quantitative estimate of drug-likeness (QED) is 0.843. The first-order chi connectivity index (χ1) is 12.2. The summed E-state index contributed by atoms with van der Waals surface area (Å²) in [4.78, 5) is 26.2. The van der Waals surface area contributed by atoms with E-state index in [0.717, 1.165) is 11.1 Å². The maximum absolute atomic E-state index is 12.5. The third-order valence-electron chi connectivity index (χ3n) is 4.25. The highest BCUT2D eigenvalue weighted by atomic mass is 16.6. The van der Waals surface area contributed by atoms with E-state index in [0.29, 0.717) is 0 Å². The Kier molecular flexibility index (Phi) is 5.00. The Morgan fingerprint density at radius 1 is 1.12 bits per heavy atom. The zero-order chi connectivity index (χ0) is 17.8. The van der Waals surface area contributed by atoms with Crippen molar-refractivity contribution in [2.24, 2.45) is 0 Å². The number of rotatable bonds is 5. The highest BCUT2D eigenvalue weighted by Crippen LogP contribution is 2.35. The molecule has 6 heteroatoms. The molecular formula is C19H19NO5. The maximum atomic E-state index is 12.5. The largest absolute Gasteiger partial charge is 0.467 e. The lowest BCUT2D eigenvalue weighted by Crippen LogP contribution is -2.46. The van der Waals surface area contributed by atoms with E-state index in [1.807, 2.05) is 60.7 Å². The van der Waals surface area contributed by atoms with Crippen molar-refractivity contribution in [3.05, 3.63) is 71.8 Å². The molecular weight excluding hydrogens is 322 g/mol. The number of aliphatic hydroxyl groups excluding tert-OH is 1. The number of carbonyl (C=O) groups excluding carboxylic acids is 2. The molecule has 2 aromatic carbocycles. The second kappa shape index (κ2) is 7.36. The summed E-state index contributed by atoms with van der Waals surface area (Å²) in [7, 11) is 1.25. The Bertz CT molecular complexity index is 694. The topological polar surface area (TPSA) is 76.1 Å². The van der Waals surface area contributed by atoms with Gasteiger partial charge in [0.1, 0.15) is 0 Å². The van der Waals surface area contributed by atoms with Gasteiger partial charge in [0.25, 0.3) is 0 Å². The molecule has 25 heavy (non-hydrogen) atoms. The predicted molar refractivity (Wildman–Crippen MR) is 89.7 cm³/mol. The Hall–Kier alpha value is -2.86. The van der Waals surface area contributed by atoms with Crippen molar-refractivity contribution in [2.75, 3.05) is 13.7 Å². The van der Waals surface area contributed by atoms with Crippen LogP contribution in [0.15, 0.2) is 60.7 Å². The summed E-state index contributed by atoms with van der Waals surface area (Å²) >= 11 is 0. The molecule has 0 spiro atoms. The molecule has 130 valence electrons. The van der Waals surface area contributed by atoms with Crippen LogP contribution in [0.5, 0.6) is 0 Å². The molecule has 1 aliphatic rings. The number of ether oxygens (including phenoxy) is 2. The number of esters is 1.